The lowest BCUT2D eigenvalue weighted by Gasteiger charge is -2.07. The van der Waals surface area contributed by atoms with Crippen LogP contribution in [0.15, 0.2) is 41.8 Å². The fourth-order valence-corrected chi connectivity index (χ4v) is 2.77. The van der Waals surface area contributed by atoms with E-state index >= 15 is 0 Å². The number of rotatable bonds is 5. The van der Waals surface area contributed by atoms with Crippen LogP contribution in [-0.2, 0) is 16.4 Å². The molecule has 7 heteroatoms. The third-order valence-electron chi connectivity index (χ3n) is 2.76. The van der Waals surface area contributed by atoms with Gasteiger partial charge in [-0.15, -0.1) is 0 Å². The summed E-state index contributed by atoms with van der Waals surface area (Å²) in [4.78, 5) is 7.75. The van der Waals surface area contributed by atoms with Crippen LogP contribution in [-0.4, -0.2) is 24.9 Å². The van der Waals surface area contributed by atoms with Crippen molar-refractivity contribution in [3.05, 3.63) is 53.9 Å². The van der Waals surface area contributed by atoms with Gasteiger partial charge in [-0.25, -0.2) is 27.5 Å². The highest BCUT2D eigenvalue weighted by molar-refractivity contribution is 7.89. The summed E-state index contributed by atoms with van der Waals surface area (Å²) < 4.78 is 39.6. The molecule has 0 spiro atoms. The predicted octanol–water partition coefficient (Wildman–Crippen LogP) is 1.45. The molecule has 5 nitrogen and oxygen atoms in total. The molecule has 0 atom stereocenters. The number of aryl methyl sites for hydroxylation is 1. The molecule has 20 heavy (non-hydrogen) atoms. The second kappa shape index (κ2) is 6.06. The Morgan fingerprint density at radius 2 is 1.95 bits per heavy atom. The van der Waals surface area contributed by atoms with Crippen LogP contribution in [0.4, 0.5) is 4.39 Å². The average molecular weight is 295 g/mol. The van der Waals surface area contributed by atoms with Gasteiger partial charge >= 0.3 is 0 Å². The van der Waals surface area contributed by atoms with E-state index in [4.69, 9.17) is 0 Å². The molecule has 0 fully saturated rings. The van der Waals surface area contributed by atoms with Gasteiger partial charge in [0.1, 0.15) is 12.1 Å². The Kier molecular flexibility index (Phi) is 4.41. The summed E-state index contributed by atoms with van der Waals surface area (Å²) in [5, 5.41) is 0. The maximum absolute atomic E-state index is 13.1. The van der Waals surface area contributed by atoms with Gasteiger partial charge in [-0.05, 0) is 42.7 Å². The Bertz CT molecular complexity index is 690. The van der Waals surface area contributed by atoms with Crippen LogP contribution in [0, 0.1) is 12.7 Å². The van der Waals surface area contributed by atoms with E-state index in [-0.39, 0.29) is 11.4 Å². The molecule has 0 saturated carbocycles. The molecule has 0 unspecified atom stereocenters. The SMILES string of the molecule is Cc1cc(S(=O)(=O)NCCc2cncnc2)ccc1F. The third-order valence-corrected chi connectivity index (χ3v) is 4.22. The molecule has 0 aliphatic carbocycles. The first kappa shape index (κ1) is 14.5. The molecule has 0 bridgehead atoms. The van der Waals surface area contributed by atoms with Crippen molar-refractivity contribution in [3.8, 4) is 0 Å². The smallest absolute Gasteiger partial charge is 0.240 e. The topological polar surface area (TPSA) is 72.0 Å². The number of sulfonamides is 1. The largest absolute Gasteiger partial charge is 0.245 e. The number of nitrogens with one attached hydrogen (secondary N) is 1. The third kappa shape index (κ3) is 3.58. The summed E-state index contributed by atoms with van der Waals surface area (Å²) in [6, 6.07) is 3.70. The number of hydrogen-bond donors (Lipinski definition) is 1. The number of benzene rings is 1. The molecule has 1 aromatic heterocycles. The number of halogens is 1. The van der Waals surface area contributed by atoms with E-state index < -0.39 is 15.8 Å². The summed E-state index contributed by atoms with van der Waals surface area (Å²) in [5.41, 5.74) is 1.13. The maximum Gasteiger partial charge on any atom is 0.240 e. The number of hydrogen-bond acceptors (Lipinski definition) is 4. The van der Waals surface area contributed by atoms with E-state index in [1.165, 1.54) is 25.4 Å². The molecule has 0 radical (unpaired) electrons. The molecular formula is C13H14FN3O2S. The Hall–Kier alpha value is -1.86. The van der Waals surface area contributed by atoms with Crippen molar-refractivity contribution in [2.75, 3.05) is 6.54 Å². The minimum absolute atomic E-state index is 0.0562. The van der Waals surface area contributed by atoms with Crippen molar-refractivity contribution in [2.45, 2.75) is 18.2 Å². The maximum atomic E-state index is 13.1. The van der Waals surface area contributed by atoms with Gasteiger partial charge in [-0.2, -0.15) is 0 Å². The van der Waals surface area contributed by atoms with Gasteiger partial charge in [0, 0.05) is 18.9 Å². The first-order valence-corrected chi connectivity index (χ1v) is 7.47. The van der Waals surface area contributed by atoms with Gasteiger partial charge in [0.05, 0.1) is 4.90 Å². The fourth-order valence-electron chi connectivity index (χ4n) is 1.66. The highest BCUT2D eigenvalue weighted by Crippen LogP contribution is 2.14. The van der Waals surface area contributed by atoms with Gasteiger partial charge in [0.2, 0.25) is 10.0 Å². The molecule has 2 rings (SSSR count). The molecule has 0 aliphatic heterocycles. The van der Waals surface area contributed by atoms with E-state index in [9.17, 15) is 12.8 Å². The summed E-state index contributed by atoms with van der Waals surface area (Å²) in [6.45, 7) is 1.75. The predicted molar refractivity (Wildman–Crippen MR) is 72.1 cm³/mol. The number of nitrogens with zero attached hydrogens (tertiary/aromatic N) is 2. The van der Waals surface area contributed by atoms with Crippen LogP contribution in [0.3, 0.4) is 0 Å². The van der Waals surface area contributed by atoms with Crippen molar-refractivity contribution in [1.82, 2.24) is 14.7 Å². The molecule has 0 saturated heterocycles. The molecule has 106 valence electrons. The molecule has 0 amide bonds. The lowest BCUT2D eigenvalue weighted by Crippen LogP contribution is -2.26. The summed E-state index contributed by atoms with van der Waals surface area (Å²) in [5.74, 6) is -0.426. The summed E-state index contributed by atoms with van der Waals surface area (Å²) in [6.07, 6.45) is 5.15. The standard InChI is InChI=1S/C13H14FN3O2S/c1-10-6-12(2-3-13(10)14)20(18,19)17-5-4-11-7-15-9-16-8-11/h2-3,6-9,17H,4-5H2,1H3. The first-order chi connectivity index (χ1) is 9.49. The van der Waals surface area contributed by atoms with Crippen molar-refractivity contribution in [3.63, 3.8) is 0 Å². The van der Waals surface area contributed by atoms with Crippen LogP contribution in [0.2, 0.25) is 0 Å². The van der Waals surface area contributed by atoms with Crippen LogP contribution < -0.4 is 4.72 Å². The first-order valence-electron chi connectivity index (χ1n) is 5.99. The second-order valence-electron chi connectivity index (χ2n) is 4.31. The van der Waals surface area contributed by atoms with Gasteiger partial charge < -0.3 is 0 Å². The van der Waals surface area contributed by atoms with E-state index in [1.807, 2.05) is 0 Å². The van der Waals surface area contributed by atoms with Gasteiger partial charge in [0.15, 0.2) is 0 Å². The molecule has 0 aliphatic rings. The summed E-state index contributed by atoms with van der Waals surface area (Å²) in [7, 11) is -3.63. The van der Waals surface area contributed by atoms with E-state index in [1.54, 1.807) is 12.4 Å². The van der Waals surface area contributed by atoms with Gasteiger partial charge in [-0.3, -0.25) is 0 Å². The zero-order valence-corrected chi connectivity index (χ0v) is 11.7. The van der Waals surface area contributed by atoms with E-state index in [2.05, 4.69) is 14.7 Å². The highest BCUT2D eigenvalue weighted by Gasteiger charge is 2.14. The Balaban J connectivity index is 2.02. The van der Waals surface area contributed by atoms with E-state index in [0.717, 1.165) is 11.6 Å². The quantitative estimate of drug-likeness (QED) is 0.906. The zero-order chi connectivity index (χ0) is 14.6. The Morgan fingerprint density at radius 3 is 2.60 bits per heavy atom. The zero-order valence-electron chi connectivity index (χ0n) is 10.9. The van der Waals surface area contributed by atoms with Gasteiger partial charge in [-0.1, -0.05) is 0 Å². The van der Waals surface area contributed by atoms with Crippen LogP contribution >= 0.6 is 0 Å². The highest BCUT2D eigenvalue weighted by atomic mass is 32.2. The van der Waals surface area contributed by atoms with Crippen LogP contribution in [0.25, 0.3) is 0 Å². The van der Waals surface area contributed by atoms with Crippen molar-refractivity contribution < 1.29 is 12.8 Å². The van der Waals surface area contributed by atoms with Crippen molar-refractivity contribution in [1.29, 1.82) is 0 Å². The fraction of sp³-hybridized carbons (Fsp3) is 0.231. The average Bonchev–Trinajstić information content (AvgIpc) is 2.43. The Morgan fingerprint density at radius 1 is 1.25 bits per heavy atom. The van der Waals surface area contributed by atoms with Gasteiger partial charge in [0.25, 0.3) is 0 Å². The molecule has 1 heterocycles. The van der Waals surface area contributed by atoms with Crippen molar-refractivity contribution >= 4 is 10.0 Å². The van der Waals surface area contributed by atoms with Crippen molar-refractivity contribution in [2.24, 2.45) is 0 Å². The van der Waals surface area contributed by atoms with Crippen LogP contribution in [0.1, 0.15) is 11.1 Å². The minimum Gasteiger partial charge on any atom is -0.245 e. The molecular weight excluding hydrogens is 281 g/mol. The molecule has 1 aromatic carbocycles. The number of aromatic nitrogens is 2. The lowest BCUT2D eigenvalue weighted by molar-refractivity contribution is 0.580. The van der Waals surface area contributed by atoms with E-state index in [0.29, 0.717) is 12.0 Å². The second-order valence-corrected chi connectivity index (χ2v) is 6.07. The van der Waals surface area contributed by atoms with Crippen LogP contribution in [0.5, 0.6) is 0 Å². The minimum atomic E-state index is -3.63. The molecule has 2 aromatic rings. The normalized spacial score (nSPS) is 11.5. The molecule has 1 N–H and O–H groups in total. The lowest BCUT2D eigenvalue weighted by atomic mass is 10.2. The Labute approximate surface area is 116 Å². The monoisotopic (exact) mass is 295 g/mol. The summed E-state index contributed by atoms with van der Waals surface area (Å²) >= 11 is 0.